The zero-order valence-electron chi connectivity index (χ0n) is 13.4. The molecular formula is C15H26N4O3. The van der Waals surface area contributed by atoms with E-state index in [0.29, 0.717) is 38.8 Å². The number of likely N-dealkylation sites (tertiary alicyclic amines) is 2. The van der Waals surface area contributed by atoms with Crippen LogP contribution in [-0.2, 0) is 9.59 Å². The van der Waals surface area contributed by atoms with Crippen molar-refractivity contribution in [2.24, 2.45) is 0 Å². The van der Waals surface area contributed by atoms with Crippen LogP contribution in [0.4, 0.5) is 4.79 Å². The standard InChI is InChI=1S/C15H26N4O3/c1-3-11(18-9-5-7-13(18)20)16-15(22)17-12(4-2)19-10-6-8-14(19)21/h11-12H,3-10H2,1-2H3,(H2,16,17,22). The number of urea groups is 1. The Hall–Kier alpha value is -1.79. The van der Waals surface area contributed by atoms with Gasteiger partial charge in [0.15, 0.2) is 0 Å². The van der Waals surface area contributed by atoms with Gasteiger partial charge in [0.1, 0.15) is 12.3 Å². The van der Waals surface area contributed by atoms with E-state index in [0.717, 1.165) is 12.8 Å². The summed E-state index contributed by atoms with van der Waals surface area (Å²) >= 11 is 0. The van der Waals surface area contributed by atoms with Crippen LogP contribution in [0.5, 0.6) is 0 Å². The Labute approximate surface area is 131 Å². The summed E-state index contributed by atoms with van der Waals surface area (Å²) in [6, 6.07) is -0.321. The van der Waals surface area contributed by atoms with Crippen LogP contribution < -0.4 is 10.6 Å². The first-order valence-electron chi connectivity index (χ1n) is 8.22. The Morgan fingerprint density at radius 1 is 0.955 bits per heavy atom. The number of carbonyl (C=O) groups is 3. The zero-order chi connectivity index (χ0) is 16.1. The molecule has 2 heterocycles. The van der Waals surface area contributed by atoms with Crippen LogP contribution in [0.1, 0.15) is 52.4 Å². The molecule has 0 radical (unpaired) electrons. The van der Waals surface area contributed by atoms with E-state index in [4.69, 9.17) is 0 Å². The normalized spacial score (nSPS) is 21.2. The Balaban J connectivity index is 1.89. The van der Waals surface area contributed by atoms with Crippen LogP contribution in [0.15, 0.2) is 0 Å². The molecule has 0 aromatic heterocycles. The molecule has 7 nitrogen and oxygen atoms in total. The number of amides is 4. The largest absolute Gasteiger partial charge is 0.322 e. The summed E-state index contributed by atoms with van der Waals surface area (Å²) in [5.41, 5.74) is 0. The predicted octanol–water partition coefficient (Wildman–Crippen LogP) is 1.00. The number of hydrogen-bond donors (Lipinski definition) is 2. The van der Waals surface area contributed by atoms with Crippen molar-refractivity contribution in [1.29, 1.82) is 0 Å². The highest BCUT2D eigenvalue weighted by Crippen LogP contribution is 2.15. The third-order valence-electron chi connectivity index (χ3n) is 4.34. The average Bonchev–Trinajstić information content (AvgIpc) is 3.11. The van der Waals surface area contributed by atoms with Crippen LogP contribution in [0.25, 0.3) is 0 Å². The van der Waals surface area contributed by atoms with Crippen molar-refractivity contribution >= 4 is 17.8 Å². The van der Waals surface area contributed by atoms with E-state index in [9.17, 15) is 14.4 Å². The topological polar surface area (TPSA) is 81.8 Å². The summed E-state index contributed by atoms with van der Waals surface area (Å²) < 4.78 is 0. The van der Waals surface area contributed by atoms with E-state index in [1.807, 2.05) is 13.8 Å². The number of hydrogen-bond acceptors (Lipinski definition) is 3. The summed E-state index contributed by atoms with van der Waals surface area (Å²) in [5.74, 6) is 0.183. The van der Waals surface area contributed by atoms with Gasteiger partial charge in [0.25, 0.3) is 0 Å². The molecule has 2 rings (SSSR count). The van der Waals surface area contributed by atoms with Gasteiger partial charge in [-0.1, -0.05) is 13.8 Å². The molecule has 2 aliphatic rings. The Kier molecular flexibility index (Phi) is 5.63. The molecule has 2 saturated heterocycles. The molecule has 7 heteroatoms. The molecule has 0 aromatic carbocycles. The zero-order valence-corrected chi connectivity index (χ0v) is 13.4. The van der Waals surface area contributed by atoms with Gasteiger partial charge in [-0.05, 0) is 25.7 Å². The minimum atomic E-state index is -0.321. The summed E-state index contributed by atoms with van der Waals surface area (Å²) in [4.78, 5) is 39.2. The highest BCUT2D eigenvalue weighted by Gasteiger charge is 2.30. The lowest BCUT2D eigenvalue weighted by Gasteiger charge is -2.31. The van der Waals surface area contributed by atoms with Gasteiger partial charge >= 0.3 is 6.03 Å². The first-order valence-corrected chi connectivity index (χ1v) is 8.22. The minimum absolute atomic E-state index is 0.0916. The second-order valence-corrected chi connectivity index (χ2v) is 5.85. The van der Waals surface area contributed by atoms with Crippen LogP contribution >= 0.6 is 0 Å². The molecule has 2 aliphatic heterocycles. The van der Waals surface area contributed by atoms with Crippen LogP contribution in [0, 0.1) is 0 Å². The molecule has 22 heavy (non-hydrogen) atoms. The first kappa shape index (κ1) is 16.6. The summed E-state index contributed by atoms with van der Waals surface area (Å²) in [6.45, 7) is 5.27. The highest BCUT2D eigenvalue weighted by molar-refractivity contribution is 5.81. The number of nitrogens with one attached hydrogen (secondary N) is 2. The molecule has 2 fully saturated rings. The smallest absolute Gasteiger partial charge is 0.318 e. The highest BCUT2D eigenvalue weighted by atomic mass is 16.2. The summed E-state index contributed by atoms with van der Waals surface area (Å²) in [5, 5.41) is 5.72. The molecule has 2 N–H and O–H groups in total. The molecule has 4 amide bonds. The van der Waals surface area contributed by atoms with Crippen molar-refractivity contribution in [1.82, 2.24) is 20.4 Å². The van der Waals surface area contributed by atoms with E-state index in [-0.39, 0.29) is 30.2 Å². The monoisotopic (exact) mass is 310 g/mol. The van der Waals surface area contributed by atoms with Crippen molar-refractivity contribution in [3.8, 4) is 0 Å². The van der Waals surface area contributed by atoms with Crippen LogP contribution in [-0.4, -0.2) is 53.1 Å². The third kappa shape index (κ3) is 3.69. The lowest BCUT2D eigenvalue weighted by atomic mass is 10.3. The molecule has 0 saturated carbocycles. The Morgan fingerprint density at radius 2 is 1.36 bits per heavy atom. The van der Waals surface area contributed by atoms with Crippen molar-refractivity contribution in [2.45, 2.75) is 64.7 Å². The second kappa shape index (κ2) is 7.47. The van der Waals surface area contributed by atoms with Crippen LogP contribution in [0.2, 0.25) is 0 Å². The van der Waals surface area contributed by atoms with Gasteiger partial charge in [-0.15, -0.1) is 0 Å². The van der Waals surface area contributed by atoms with E-state index in [1.165, 1.54) is 0 Å². The summed E-state index contributed by atoms with van der Waals surface area (Å²) in [7, 11) is 0. The van der Waals surface area contributed by atoms with Gasteiger partial charge in [0, 0.05) is 25.9 Å². The Bertz CT molecular complexity index is 403. The van der Waals surface area contributed by atoms with E-state index < -0.39 is 0 Å². The maximum absolute atomic E-state index is 12.2. The fraction of sp³-hybridized carbons (Fsp3) is 0.800. The van der Waals surface area contributed by atoms with Gasteiger partial charge in [0.05, 0.1) is 0 Å². The van der Waals surface area contributed by atoms with Gasteiger partial charge in [-0.2, -0.15) is 0 Å². The van der Waals surface area contributed by atoms with E-state index in [1.54, 1.807) is 9.80 Å². The molecule has 2 unspecified atom stereocenters. The Morgan fingerprint density at radius 3 is 1.64 bits per heavy atom. The van der Waals surface area contributed by atoms with Gasteiger partial charge in [-0.25, -0.2) is 4.79 Å². The first-order chi connectivity index (χ1) is 10.6. The van der Waals surface area contributed by atoms with Crippen LogP contribution in [0.3, 0.4) is 0 Å². The fourth-order valence-corrected chi connectivity index (χ4v) is 3.14. The SMILES string of the molecule is CCC(NC(=O)NC(CC)N1CCCC1=O)N1CCCC1=O. The van der Waals surface area contributed by atoms with E-state index >= 15 is 0 Å². The molecule has 124 valence electrons. The van der Waals surface area contributed by atoms with Crippen molar-refractivity contribution in [2.75, 3.05) is 13.1 Å². The molecule has 2 atom stereocenters. The lowest BCUT2D eigenvalue weighted by molar-refractivity contribution is -0.130. The average molecular weight is 310 g/mol. The van der Waals surface area contributed by atoms with Crippen molar-refractivity contribution in [3.63, 3.8) is 0 Å². The lowest BCUT2D eigenvalue weighted by Crippen LogP contribution is -2.56. The summed E-state index contributed by atoms with van der Waals surface area (Å²) in [6.07, 6.45) is 3.58. The van der Waals surface area contributed by atoms with Crippen molar-refractivity contribution in [3.05, 3.63) is 0 Å². The number of nitrogens with zero attached hydrogens (tertiary/aromatic N) is 2. The molecule has 0 spiro atoms. The predicted molar refractivity (Wildman–Crippen MR) is 81.7 cm³/mol. The molecule has 0 aliphatic carbocycles. The van der Waals surface area contributed by atoms with Crippen molar-refractivity contribution < 1.29 is 14.4 Å². The minimum Gasteiger partial charge on any atom is -0.322 e. The van der Waals surface area contributed by atoms with E-state index in [2.05, 4.69) is 10.6 Å². The molecule has 0 bridgehead atoms. The second-order valence-electron chi connectivity index (χ2n) is 5.85. The van der Waals surface area contributed by atoms with Gasteiger partial charge in [-0.3, -0.25) is 9.59 Å². The fourth-order valence-electron chi connectivity index (χ4n) is 3.14. The molecular weight excluding hydrogens is 284 g/mol. The van der Waals surface area contributed by atoms with Gasteiger partial charge in [0.2, 0.25) is 11.8 Å². The molecule has 0 aromatic rings. The maximum Gasteiger partial charge on any atom is 0.318 e. The number of carbonyl (C=O) groups excluding carboxylic acids is 3. The third-order valence-corrected chi connectivity index (χ3v) is 4.34. The maximum atomic E-state index is 12.2. The van der Waals surface area contributed by atoms with Gasteiger partial charge < -0.3 is 20.4 Å². The quantitative estimate of drug-likeness (QED) is 0.768. The number of rotatable bonds is 6.